The molecule has 0 fully saturated rings. The Labute approximate surface area is 220 Å². The van der Waals surface area contributed by atoms with Crippen molar-refractivity contribution < 1.29 is 4.79 Å². The molecule has 1 heterocycles. The standard InChI is InChI=1S/C33H26BrNO/c1-21(36)28-20-25(34)14-16-27(28)24-13-17-32-30(19-24)33(2,3)29-10-6-7-11-31(29)35(32)26-15-12-22-8-4-5-9-23(22)18-26/h4-20H,1-3H3. The minimum atomic E-state index is -0.207. The minimum Gasteiger partial charge on any atom is -0.310 e. The van der Waals surface area contributed by atoms with Gasteiger partial charge in [0, 0.05) is 21.1 Å². The summed E-state index contributed by atoms with van der Waals surface area (Å²) in [6, 6.07) is 36.4. The first-order valence-corrected chi connectivity index (χ1v) is 13.0. The van der Waals surface area contributed by atoms with Gasteiger partial charge in [0.15, 0.2) is 5.78 Å². The zero-order chi connectivity index (χ0) is 25.0. The predicted octanol–water partition coefficient (Wildman–Crippen LogP) is 9.58. The number of benzene rings is 5. The van der Waals surface area contributed by atoms with Crippen molar-refractivity contribution in [2.24, 2.45) is 0 Å². The van der Waals surface area contributed by atoms with Crippen molar-refractivity contribution in [2.45, 2.75) is 26.2 Å². The quantitative estimate of drug-likeness (QED) is 0.216. The number of para-hydroxylation sites is 1. The van der Waals surface area contributed by atoms with Gasteiger partial charge in [0.2, 0.25) is 0 Å². The van der Waals surface area contributed by atoms with Crippen LogP contribution in [0, 0.1) is 0 Å². The number of halogens is 1. The molecule has 1 aliphatic heterocycles. The molecule has 0 aliphatic carbocycles. The van der Waals surface area contributed by atoms with E-state index < -0.39 is 0 Å². The van der Waals surface area contributed by atoms with Gasteiger partial charge < -0.3 is 4.90 Å². The van der Waals surface area contributed by atoms with Gasteiger partial charge in [-0.3, -0.25) is 4.79 Å². The van der Waals surface area contributed by atoms with Gasteiger partial charge in [0.05, 0.1) is 11.4 Å². The average molecular weight is 532 g/mol. The lowest BCUT2D eigenvalue weighted by Gasteiger charge is -2.42. The lowest BCUT2D eigenvalue weighted by molar-refractivity contribution is 0.101. The summed E-state index contributed by atoms with van der Waals surface area (Å²) in [7, 11) is 0. The fourth-order valence-electron chi connectivity index (χ4n) is 5.52. The maximum Gasteiger partial charge on any atom is 0.160 e. The fourth-order valence-corrected chi connectivity index (χ4v) is 5.89. The van der Waals surface area contributed by atoms with Crippen LogP contribution in [0.15, 0.2) is 108 Å². The second-order valence-corrected chi connectivity index (χ2v) is 10.9. The molecule has 0 saturated heterocycles. The Morgan fingerprint density at radius 3 is 2.25 bits per heavy atom. The highest BCUT2D eigenvalue weighted by atomic mass is 79.9. The number of rotatable bonds is 3. The normalized spacial score (nSPS) is 13.8. The average Bonchev–Trinajstić information content (AvgIpc) is 2.89. The van der Waals surface area contributed by atoms with Crippen LogP contribution >= 0.6 is 15.9 Å². The Morgan fingerprint density at radius 1 is 0.722 bits per heavy atom. The third kappa shape index (κ3) is 3.58. The molecule has 0 unspecified atom stereocenters. The molecule has 0 spiro atoms. The molecule has 0 bridgehead atoms. The second kappa shape index (κ2) is 8.46. The van der Waals surface area contributed by atoms with Crippen molar-refractivity contribution in [2.75, 3.05) is 4.90 Å². The minimum absolute atomic E-state index is 0.0615. The Morgan fingerprint density at radius 2 is 1.44 bits per heavy atom. The molecule has 176 valence electrons. The van der Waals surface area contributed by atoms with E-state index in [0.29, 0.717) is 0 Å². The summed E-state index contributed by atoms with van der Waals surface area (Å²) >= 11 is 3.53. The lowest BCUT2D eigenvalue weighted by atomic mass is 9.72. The number of ketones is 1. The third-order valence-corrected chi connectivity index (χ3v) is 7.89. The molecule has 6 rings (SSSR count). The molecule has 0 aromatic heterocycles. The molecule has 5 aromatic carbocycles. The van der Waals surface area contributed by atoms with Crippen LogP contribution in [0.25, 0.3) is 21.9 Å². The first kappa shape index (κ1) is 22.8. The summed E-state index contributed by atoms with van der Waals surface area (Å²) in [5, 5.41) is 2.45. The number of anilines is 3. The van der Waals surface area contributed by atoms with Crippen LogP contribution in [0.5, 0.6) is 0 Å². The molecule has 0 N–H and O–H groups in total. The molecule has 0 radical (unpaired) electrons. The van der Waals surface area contributed by atoms with Crippen molar-refractivity contribution >= 4 is 49.5 Å². The fraction of sp³-hybridized carbons (Fsp3) is 0.121. The number of hydrogen-bond donors (Lipinski definition) is 0. The summed E-state index contributed by atoms with van der Waals surface area (Å²) in [6.07, 6.45) is 0. The number of carbonyl (C=O) groups is 1. The van der Waals surface area contributed by atoms with Crippen molar-refractivity contribution in [3.05, 3.63) is 124 Å². The highest BCUT2D eigenvalue weighted by Gasteiger charge is 2.37. The monoisotopic (exact) mass is 531 g/mol. The van der Waals surface area contributed by atoms with E-state index in [1.807, 2.05) is 18.2 Å². The van der Waals surface area contributed by atoms with Gasteiger partial charge in [-0.15, -0.1) is 0 Å². The Bertz CT molecular complexity index is 1670. The predicted molar refractivity (Wildman–Crippen MR) is 154 cm³/mol. The van der Waals surface area contributed by atoms with Crippen LogP contribution in [0.4, 0.5) is 17.1 Å². The summed E-state index contributed by atoms with van der Waals surface area (Å²) in [5.74, 6) is 0.0615. The summed E-state index contributed by atoms with van der Waals surface area (Å²) in [5.41, 5.74) is 8.56. The van der Waals surface area contributed by atoms with Crippen LogP contribution in [-0.2, 0) is 5.41 Å². The van der Waals surface area contributed by atoms with Gasteiger partial charge in [-0.1, -0.05) is 90.4 Å². The van der Waals surface area contributed by atoms with Crippen molar-refractivity contribution in [1.29, 1.82) is 0 Å². The molecule has 0 amide bonds. The first-order chi connectivity index (χ1) is 17.3. The van der Waals surface area contributed by atoms with Crippen LogP contribution in [0.3, 0.4) is 0 Å². The van der Waals surface area contributed by atoms with Crippen molar-refractivity contribution in [3.63, 3.8) is 0 Å². The van der Waals surface area contributed by atoms with Crippen molar-refractivity contribution in [1.82, 2.24) is 0 Å². The molecular weight excluding hydrogens is 506 g/mol. The molecule has 0 saturated carbocycles. The Balaban J connectivity index is 1.60. The van der Waals surface area contributed by atoms with Crippen molar-refractivity contribution in [3.8, 4) is 11.1 Å². The Hall–Kier alpha value is -3.69. The van der Waals surface area contributed by atoms with Gasteiger partial charge >= 0.3 is 0 Å². The molecule has 1 aliphatic rings. The highest BCUT2D eigenvalue weighted by Crippen LogP contribution is 2.52. The smallest absolute Gasteiger partial charge is 0.160 e. The van der Waals surface area contributed by atoms with E-state index in [1.165, 1.54) is 33.3 Å². The second-order valence-electron chi connectivity index (χ2n) is 9.99. The summed E-state index contributed by atoms with van der Waals surface area (Å²) < 4.78 is 0.908. The number of fused-ring (bicyclic) bond motifs is 3. The van der Waals surface area contributed by atoms with Crippen LogP contribution < -0.4 is 4.90 Å². The number of Topliss-reactive ketones (excluding diaryl/α,β-unsaturated/α-hetero) is 1. The lowest BCUT2D eigenvalue weighted by Crippen LogP contribution is -2.30. The SMILES string of the molecule is CC(=O)c1cc(Br)ccc1-c1ccc2c(c1)C(C)(C)c1ccccc1N2c1ccc2ccccc2c1. The molecular formula is C33H26BrNO. The topological polar surface area (TPSA) is 20.3 Å². The number of hydrogen-bond acceptors (Lipinski definition) is 2. The van der Waals surface area contributed by atoms with E-state index in [4.69, 9.17) is 0 Å². The van der Waals surface area contributed by atoms with Gasteiger partial charge in [-0.25, -0.2) is 0 Å². The highest BCUT2D eigenvalue weighted by molar-refractivity contribution is 9.10. The van der Waals surface area contributed by atoms with E-state index in [9.17, 15) is 4.79 Å². The van der Waals surface area contributed by atoms with Crippen LogP contribution in [0.2, 0.25) is 0 Å². The maximum atomic E-state index is 12.5. The zero-order valence-electron chi connectivity index (χ0n) is 20.5. The maximum absolute atomic E-state index is 12.5. The third-order valence-electron chi connectivity index (χ3n) is 7.39. The Kier molecular flexibility index (Phi) is 5.35. The van der Waals surface area contributed by atoms with E-state index in [2.05, 4.69) is 120 Å². The van der Waals surface area contributed by atoms with E-state index in [1.54, 1.807) is 6.92 Å². The summed E-state index contributed by atoms with van der Waals surface area (Å²) in [4.78, 5) is 14.9. The largest absolute Gasteiger partial charge is 0.310 e. The molecule has 3 heteroatoms. The van der Waals surface area contributed by atoms with Gasteiger partial charge in [-0.05, 0) is 82.4 Å². The molecule has 2 nitrogen and oxygen atoms in total. The van der Waals surface area contributed by atoms with Gasteiger partial charge in [-0.2, -0.15) is 0 Å². The molecule has 5 aromatic rings. The van der Waals surface area contributed by atoms with Crippen LogP contribution in [-0.4, -0.2) is 5.78 Å². The van der Waals surface area contributed by atoms with E-state index in [0.717, 1.165) is 26.9 Å². The van der Waals surface area contributed by atoms with Crippen LogP contribution in [0.1, 0.15) is 42.3 Å². The summed E-state index contributed by atoms with van der Waals surface area (Å²) in [6.45, 7) is 6.21. The van der Waals surface area contributed by atoms with Gasteiger partial charge in [0.25, 0.3) is 0 Å². The molecule has 36 heavy (non-hydrogen) atoms. The first-order valence-electron chi connectivity index (χ1n) is 12.2. The van der Waals surface area contributed by atoms with E-state index in [-0.39, 0.29) is 11.2 Å². The zero-order valence-corrected chi connectivity index (χ0v) is 22.1. The number of carbonyl (C=O) groups excluding carboxylic acids is 1. The number of nitrogens with zero attached hydrogens (tertiary/aromatic N) is 1. The van der Waals surface area contributed by atoms with E-state index >= 15 is 0 Å². The molecule has 0 atom stereocenters. The van der Waals surface area contributed by atoms with Gasteiger partial charge in [0.1, 0.15) is 0 Å².